The van der Waals surface area contributed by atoms with Gasteiger partial charge in [0.15, 0.2) is 0 Å². The van der Waals surface area contributed by atoms with Gasteiger partial charge in [0.05, 0.1) is 0 Å². The van der Waals surface area contributed by atoms with E-state index in [0.29, 0.717) is 11.4 Å². The van der Waals surface area contributed by atoms with Crippen molar-refractivity contribution in [1.82, 2.24) is 0 Å². The van der Waals surface area contributed by atoms with E-state index in [9.17, 15) is 3.74 Å². The van der Waals surface area contributed by atoms with Gasteiger partial charge in [-0.25, -0.2) is 0 Å². The molecule has 0 unspecified atom stereocenters. The molecule has 1 aromatic rings. The van der Waals surface area contributed by atoms with Gasteiger partial charge in [0.1, 0.15) is 0 Å². The monoisotopic (exact) mass is 288 g/mol. The van der Waals surface area contributed by atoms with Gasteiger partial charge in [-0.2, -0.15) is 0 Å². The fraction of sp³-hybridized carbons (Fsp3) is 0. The van der Waals surface area contributed by atoms with Crippen molar-refractivity contribution in [3.63, 3.8) is 0 Å². The van der Waals surface area contributed by atoms with Gasteiger partial charge in [-0.3, -0.25) is 0 Å². The van der Waals surface area contributed by atoms with Crippen LogP contribution in [0.4, 0.5) is 11.4 Å². The summed E-state index contributed by atoms with van der Waals surface area (Å²) in [4.78, 5) is 0. The minimum absolute atomic E-state index is 0. The van der Waals surface area contributed by atoms with Crippen molar-refractivity contribution in [3.8, 4) is 0 Å². The normalized spacial score (nSPS) is 7.14. The Morgan fingerprint density at radius 1 is 1.00 bits per heavy atom. The molecule has 0 aliphatic rings. The zero-order chi connectivity index (χ0) is 7.56. The number of rotatable bonds is 1. The van der Waals surface area contributed by atoms with Crippen molar-refractivity contribution in [2.24, 2.45) is 0 Å². The van der Waals surface area contributed by atoms with Gasteiger partial charge >= 0.3 is 64.8 Å². The summed E-state index contributed by atoms with van der Waals surface area (Å²) in [6.45, 7) is 0. The SMILES string of the molecule is Cl.Nc1ccc([As]=O)cc1N.O.O.O. The molecule has 0 radical (unpaired) electrons. The van der Waals surface area contributed by atoms with E-state index in [-0.39, 0.29) is 28.8 Å². The summed E-state index contributed by atoms with van der Waals surface area (Å²) in [6.07, 6.45) is 0. The minimum atomic E-state index is -0.979. The second-order valence-electron chi connectivity index (χ2n) is 1.90. The van der Waals surface area contributed by atoms with Crippen molar-refractivity contribution < 1.29 is 20.2 Å². The zero-order valence-corrected chi connectivity index (χ0v) is 9.84. The van der Waals surface area contributed by atoms with Crippen molar-refractivity contribution in [3.05, 3.63) is 18.2 Å². The summed E-state index contributed by atoms with van der Waals surface area (Å²) in [5, 5.41) is 0. The molecule has 0 saturated carbocycles. The summed E-state index contributed by atoms with van der Waals surface area (Å²) in [5.41, 5.74) is 11.9. The van der Waals surface area contributed by atoms with E-state index in [0.717, 1.165) is 4.35 Å². The van der Waals surface area contributed by atoms with Crippen LogP contribution in [-0.4, -0.2) is 32.1 Å². The number of hydrogen-bond donors (Lipinski definition) is 2. The maximum absolute atomic E-state index is 10.4. The molecule has 0 saturated heterocycles. The molecular weight excluding hydrogens is 274 g/mol. The van der Waals surface area contributed by atoms with E-state index in [2.05, 4.69) is 0 Å². The van der Waals surface area contributed by atoms with E-state index in [1.165, 1.54) is 0 Å². The molecule has 84 valence electrons. The Labute approximate surface area is 93.9 Å². The van der Waals surface area contributed by atoms with Gasteiger partial charge in [0.2, 0.25) is 0 Å². The second-order valence-corrected chi connectivity index (χ2v) is 3.37. The average Bonchev–Trinajstić information content (AvgIpc) is 1.95. The number of halogens is 1. The maximum Gasteiger partial charge on any atom is -0.412 e. The van der Waals surface area contributed by atoms with Gasteiger partial charge in [-0.05, 0) is 0 Å². The smallest absolute Gasteiger partial charge is 0.412 e. The van der Waals surface area contributed by atoms with E-state index in [4.69, 9.17) is 11.5 Å². The summed E-state index contributed by atoms with van der Waals surface area (Å²) in [5.74, 6) is 0. The first kappa shape index (κ1) is 23.3. The third kappa shape index (κ3) is 5.90. The first-order chi connectivity index (χ1) is 4.74. The first-order valence-corrected chi connectivity index (χ1v) is 4.43. The van der Waals surface area contributed by atoms with Crippen LogP contribution in [0.15, 0.2) is 18.2 Å². The molecule has 10 N–H and O–H groups in total. The van der Waals surface area contributed by atoms with Crippen LogP contribution in [0, 0.1) is 0 Å². The van der Waals surface area contributed by atoms with Gasteiger partial charge in [0, 0.05) is 0 Å². The molecule has 0 aromatic heterocycles. The fourth-order valence-corrected chi connectivity index (χ4v) is 1.31. The molecule has 0 spiro atoms. The van der Waals surface area contributed by atoms with Crippen LogP contribution in [-0.2, 0) is 3.74 Å². The van der Waals surface area contributed by atoms with Crippen molar-refractivity contribution in [1.29, 1.82) is 0 Å². The van der Waals surface area contributed by atoms with Gasteiger partial charge in [-0.15, -0.1) is 12.4 Å². The minimum Gasteiger partial charge on any atom is -0.412 e. The Hall–Kier alpha value is -0.652. The van der Waals surface area contributed by atoms with Crippen LogP contribution >= 0.6 is 12.4 Å². The molecule has 8 heteroatoms. The molecule has 1 rings (SSSR count). The van der Waals surface area contributed by atoms with Crippen LogP contribution in [0.1, 0.15) is 0 Å². The van der Waals surface area contributed by atoms with Crippen molar-refractivity contribution >= 4 is 43.8 Å². The summed E-state index contributed by atoms with van der Waals surface area (Å²) >= 11 is -0.979. The standard InChI is InChI=1S/C6H7AsN2O.ClH.3H2O/c8-5-2-1-4(7-10)3-6(5)9;;;;/h1-3H,8-9H2;1H;3*1H2. The van der Waals surface area contributed by atoms with Crippen LogP contribution in [0.25, 0.3) is 0 Å². The second kappa shape index (κ2) is 10.4. The van der Waals surface area contributed by atoms with E-state index < -0.39 is 15.7 Å². The summed E-state index contributed by atoms with van der Waals surface area (Å²) < 4.78 is 11.2. The Morgan fingerprint density at radius 3 is 1.86 bits per heavy atom. The average molecular weight is 289 g/mol. The van der Waals surface area contributed by atoms with Crippen LogP contribution in [0.3, 0.4) is 0 Å². The topological polar surface area (TPSA) is 164 Å². The molecule has 1 aromatic carbocycles. The Morgan fingerprint density at radius 2 is 1.50 bits per heavy atom. The third-order valence-electron chi connectivity index (χ3n) is 1.18. The van der Waals surface area contributed by atoms with Gasteiger partial charge in [0.25, 0.3) is 0 Å². The maximum atomic E-state index is 10.4. The molecule has 6 nitrogen and oxygen atoms in total. The Kier molecular flexibility index (Phi) is 17.4. The zero-order valence-electron chi connectivity index (χ0n) is 7.15. The molecule has 0 fully saturated rings. The number of anilines is 2. The predicted octanol–water partition coefficient (Wildman–Crippen LogP) is -2.53. The molecule has 0 bridgehead atoms. The molecule has 0 aliphatic heterocycles. The number of hydrogen-bond acceptors (Lipinski definition) is 3. The number of nitrogen functional groups attached to an aromatic ring is 2. The van der Waals surface area contributed by atoms with Crippen LogP contribution in [0.5, 0.6) is 0 Å². The largest absolute Gasteiger partial charge is 0.412 e. The van der Waals surface area contributed by atoms with Gasteiger partial charge in [-0.1, -0.05) is 0 Å². The summed E-state index contributed by atoms with van der Waals surface area (Å²) in [6, 6.07) is 5.03. The molecule has 14 heavy (non-hydrogen) atoms. The Balaban J connectivity index is -0.000000125. The molecule has 0 atom stereocenters. The molecular formula is C6H14AsClN2O4. The van der Waals surface area contributed by atoms with E-state index in [1.807, 2.05) is 0 Å². The number of benzene rings is 1. The predicted molar refractivity (Wildman–Crippen MR) is 59.4 cm³/mol. The van der Waals surface area contributed by atoms with Crippen molar-refractivity contribution in [2.75, 3.05) is 11.5 Å². The summed E-state index contributed by atoms with van der Waals surface area (Å²) in [7, 11) is 0. The van der Waals surface area contributed by atoms with E-state index >= 15 is 0 Å². The quantitative estimate of drug-likeness (QED) is 0.431. The third-order valence-corrected chi connectivity index (χ3v) is 2.20. The molecule has 0 amide bonds. The first-order valence-electron chi connectivity index (χ1n) is 2.72. The Bertz CT molecular complexity index is 274. The van der Waals surface area contributed by atoms with Crippen molar-refractivity contribution in [2.45, 2.75) is 0 Å². The van der Waals surface area contributed by atoms with Crippen LogP contribution in [0.2, 0.25) is 0 Å². The molecule has 0 aliphatic carbocycles. The fourth-order valence-electron chi connectivity index (χ4n) is 0.619. The van der Waals surface area contributed by atoms with Gasteiger partial charge < -0.3 is 16.4 Å². The van der Waals surface area contributed by atoms with Crippen LogP contribution < -0.4 is 15.8 Å². The molecule has 0 heterocycles. The van der Waals surface area contributed by atoms with E-state index in [1.54, 1.807) is 18.2 Å². The number of nitrogens with two attached hydrogens (primary N) is 2.